The number of hydrogen-bond donors (Lipinski definition) is 1. The number of ether oxygens (including phenoxy) is 2. The first-order valence-electron chi connectivity index (χ1n) is 11.0. The van der Waals surface area contributed by atoms with E-state index in [-0.39, 0.29) is 24.0 Å². The Labute approximate surface area is 184 Å². The van der Waals surface area contributed by atoms with Crippen molar-refractivity contribution in [1.82, 2.24) is 30.2 Å². The fraction of sp³-hybridized carbons (Fsp3) is 0.636. The predicted octanol–water partition coefficient (Wildman–Crippen LogP) is 1.64. The van der Waals surface area contributed by atoms with E-state index in [1.165, 1.54) is 5.56 Å². The third kappa shape index (κ3) is 8.01. The van der Waals surface area contributed by atoms with Crippen LogP contribution >= 0.6 is 0 Å². The van der Waals surface area contributed by atoms with Gasteiger partial charge in [0.15, 0.2) is 0 Å². The van der Waals surface area contributed by atoms with Crippen molar-refractivity contribution < 1.29 is 14.3 Å². The Hall–Kier alpha value is -2.36. The monoisotopic (exact) mass is 430 g/mol. The lowest BCUT2D eigenvalue weighted by Gasteiger charge is -2.29. The lowest BCUT2D eigenvalue weighted by Crippen LogP contribution is -2.42. The van der Waals surface area contributed by atoms with Crippen LogP contribution < -0.4 is 5.32 Å². The summed E-state index contributed by atoms with van der Waals surface area (Å²) in [5, 5.41) is 11.8. The first-order valence-corrected chi connectivity index (χ1v) is 11.0. The molecular formula is C22H34N6O3. The van der Waals surface area contributed by atoms with E-state index < -0.39 is 0 Å². The number of cyclic esters (lactones) is 1. The van der Waals surface area contributed by atoms with Crippen molar-refractivity contribution in [2.75, 3.05) is 26.7 Å². The average Bonchev–Trinajstić information content (AvgIpc) is 3.21. The number of hydrogen-bond acceptors (Lipinski definition) is 8. The van der Waals surface area contributed by atoms with Crippen LogP contribution in [0.1, 0.15) is 37.9 Å². The fourth-order valence-corrected chi connectivity index (χ4v) is 3.53. The minimum atomic E-state index is -0.174. The summed E-state index contributed by atoms with van der Waals surface area (Å²) < 4.78 is 13.5. The summed E-state index contributed by atoms with van der Waals surface area (Å²) in [6.45, 7) is 7.95. The van der Waals surface area contributed by atoms with Gasteiger partial charge in [-0.25, -0.2) is 0 Å². The molecule has 31 heavy (non-hydrogen) atoms. The van der Waals surface area contributed by atoms with E-state index in [0.29, 0.717) is 32.6 Å². The topological polar surface area (TPSA) is 94.4 Å². The van der Waals surface area contributed by atoms with Crippen molar-refractivity contribution in [1.29, 1.82) is 0 Å². The Morgan fingerprint density at radius 3 is 3.03 bits per heavy atom. The molecule has 0 unspecified atom stereocenters. The molecule has 2 bridgehead atoms. The molecule has 0 saturated heterocycles. The zero-order chi connectivity index (χ0) is 22.1. The summed E-state index contributed by atoms with van der Waals surface area (Å²) in [6.07, 6.45) is 6.61. The molecule has 0 amide bonds. The van der Waals surface area contributed by atoms with Gasteiger partial charge in [-0.3, -0.25) is 19.4 Å². The molecule has 0 aliphatic carbocycles. The zero-order valence-electron chi connectivity index (χ0n) is 18.7. The van der Waals surface area contributed by atoms with E-state index in [9.17, 15) is 4.79 Å². The highest BCUT2D eigenvalue weighted by Crippen LogP contribution is 2.14. The highest BCUT2D eigenvalue weighted by atomic mass is 16.5. The van der Waals surface area contributed by atoms with Crippen LogP contribution in [0.3, 0.4) is 0 Å². The molecule has 170 valence electrons. The van der Waals surface area contributed by atoms with Gasteiger partial charge in [-0.05, 0) is 37.9 Å². The van der Waals surface area contributed by atoms with Crippen molar-refractivity contribution in [3.63, 3.8) is 0 Å². The smallest absolute Gasteiger partial charge is 0.305 e. The summed E-state index contributed by atoms with van der Waals surface area (Å²) >= 11 is 0. The number of likely N-dealkylation sites (N-methyl/N-ethyl adjacent to an activating group) is 1. The van der Waals surface area contributed by atoms with Gasteiger partial charge in [-0.1, -0.05) is 18.2 Å². The van der Waals surface area contributed by atoms with Gasteiger partial charge in [0.1, 0.15) is 12.3 Å². The largest absolute Gasteiger partial charge is 0.464 e. The third-order valence-electron chi connectivity index (χ3n) is 5.38. The van der Waals surface area contributed by atoms with E-state index >= 15 is 0 Å². The van der Waals surface area contributed by atoms with Gasteiger partial charge in [-0.15, -0.1) is 5.10 Å². The summed E-state index contributed by atoms with van der Waals surface area (Å²) in [6, 6.07) is 4.12. The Morgan fingerprint density at radius 1 is 1.35 bits per heavy atom. The molecule has 2 aromatic rings. The molecule has 0 aromatic carbocycles. The molecular weight excluding hydrogens is 396 g/mol. The molecule has 3 atom stereocenters. The second-order valence-corrected chi connectivity index (χ2v) is 8.45. The van der Waals surface area contributed by atoms with Crippen molar-refractivity contribution in [3.05, 3.63) is 42.0 Å². The van der Waals surface area contributed by atoms with Gasteiger partial charge in [0.25, 0.3) is 0 Å². The van der Waals surface area contributed by atoms with Crippen molar-refractivity contribution in [3.8, 4) is 0 Å². The van der Waals surface area contributed by atoms with Gasteiger partial charge >= 0.3 is 5.97 Å². The predicted molar refractivity (Wildman–Crippen MR) is 116 cm³/mol. The molecule has 3 rings (SSSR count). The highest BCUT2D eigenvalue weighted by molar-refractivity contribution is 5.69. The summed E-state index contributed by atoms with van der Waals surface area (Å²) in [5.74, 6) is 0.0739. The normalized spacial score (nSPS) is 24.1. The van der Waals surface area contributed by atoms with Crippen LogP contribution in [-0.4, -0.2) is 69.7 Å². The number of pyridine rings is 1. The number of carbonyl (C=O) groups is 1. The average molecular weight is 431 g/mol. The van der Waals surface area contributed by atoms with Crippen molar-refractivity contribution >= 4 is 5.97 Å². The van der Waals surface area contributed by atoms with Crippen molar-refractivity contribution in [2.45, 2.75) is 58.5 Å². The van der Waals surface area contributed by atoms with Crippen LogP contribution in [0, 0.1) is 5.92 Å². The number of rotatable bonds is 4. The van der Waals surface area contributed by atoms with E-state index in [0.717, 1.165) is 25.3 Å². The molecule has 2 aromatic heterocycles. The second-order valence-electron chi connectivity index (χ2n) is 8.45. The molecule has 0 saturated carbocycles. The number of esters is 1. The maximum Gasteiger partial charge on any atom is 0.305 e. The fourth-order valence-electron chi connectivity index (χ4n) is 3.53. The molecule has 1 aliphatic rings. The van der Waals surface area contributed by atoms with Gasteiger partial charge < -0.3 is 14.8 Å². The summed E-state index contributed by atoms with van der Waals surface area (Å²) in [7, 11) is 2.09. The standard InChI is InChI=1S/C22H34N6O3/c1-17-10-24-18(2)15-31-22(29)7-5-9-28-13-20(25-26-28)16-30-21(17)14-27(3)12-19-6-4-8-23-11-19/h4,6,8,11,13,17-18,21,24H,5,7,9-10,12,14-16H2,1-3H3/t17-,18+,21-/m1/s1. The first-order chi connectivity index (χ1) is 15.0. The zero-order valence-corrected chi connectivity index (χ0v) is 18.7. The van der Waals surface area contributed by atoms with Crippen molar-refractivity contribution in [2.24, 2.45) is 5.92 Å². The molecule has 3 heterocycles. The lowest BCUT2D eigenvalue weighted by molar-refractivity contribution is -0.144. The Bertz CT molecular complexity index is 800. The van der Waals surface area contributed by atoms with Gasteiger partial charge in [-0.2, -0.15) is 0 Å². The number of fused-ring (bicyclic) bond motifs is 2. The number of carbonyl (C=O) groups excluding carboxylic acids is 1. The number of aromatic nitrogens is 4. The molecule has 1 N–H and O–H groups in total. The minimum absolute atomic E-state index is 0.00183. The van der Waals surface area contributed by atoms with E-state index in [4.69, 9.17) is 9.47 Å². The maximum absolute atomic E-state index is 11.9. The van der Waals surface area contributed by atoms with Crippen LogP contribution in [0.5, 0.6) is 0 Å². The minimum Gasteiger partial charge on any atom is -0.464 e. The number of nitrogens with one attached hydrogen (secondary N) is 1. The lowest BCUT2D eigenvalue weighted by atomic mass is 10.0. The molecule has 9 heteroatoms. The van der Waals surface area contributed by atoms with Crippen LogP contribution in [0.2, 0.25) is 0 Å². The summed E-state index contributed by atoms with van der Waals surface area (Å²) in [4.78, 5) is 18.4. The van der Waals surface area contributed by atoms with Gasteiger partial charge in [0, 0.05) is 51.0 Å². The molecule has 0 spiro atoms. The number of aryl methyl sites for hydroxylation is 1. The van der Waals surface area contributed by atoms with Crippen LogP contribution in [-0.2, 0) is 34.0 Å². The first kappa shape index (κ1) is 23.3. The molecule has 0 radical (unpaired) electrons. The Balaban J connectivity index is 1.65. The van der Waals surface area contributed by atoms with Crippen LogP contribution in [0.15, 0.2) is 30.7 Å². The highest BCUT2D eigenvalue weighted by Gasteiger charge is 2.22. The van der Waals surface area contributed by atoms with E-state index in [1.807, 2.05) is 25.4 Å². The van der Waals surface area contributed by atoms with Crippen LogP contribution in [0.25, 0.3) is 0 Å². The van der Waals surface area contributed by atoms with Gasteiger partial charge in [0.2, 0.25) is 0 Å². The molecule has 9 nitrogen and oxygen atoms in total. The Morgan fingerprint density at radius 2 is 2.23 bits per heavy atom. The quantitative estimate of drug-likeness (QED) is 0.732. The second kappa shape index (κ2) is 11.9. The van der Waals surface area contributed by atoms with E-state index in [1.54, 1.807) is 10.9 Å². The van der Waals surface area contributed by atoms with Crippen LogP contribution in [0.4, 0.5) is 0 Å². The summed E-state index contributed by atoms with van der Waals surface area (Å²) in [5.41, 5.74) is 1.96. The SMILES string of the molecule is C[C@@H]1CN[C@@H](C)COC(=O)CCCn2cc(nn2)CO[C@@H]1CN(C)Cc1cccnc1. The maximum atomic E-state index is 11.9. The Kier molecular flexibility index (Phi) is 8.93. The van der Waals surface area contributed by atoms with Gasteiger partial charge in [0.05, 0.1) is 18.9 Å². The third-order valence-corrected chi connectivity index (χ3v) is 5.38. The van der Waals surface area contributed by atoms with E-state index in [2.05, 4.69) is 45.6 Å². The molecule has 0 fully saturated rings. The molecule has 1 aliphatic heterocycles. The number of nitrogens with zero attached hydrogens (tertiary/aromatic N) is 5.